The second-order valence-corrected chi connectivity index (χ2v) is 9.51. The lowest BCUT2D eigenvalue weighted by molar-refractivity contribution is -0.144. The maximum Gasteiger partial charge on any atom is 0.238 e. The quantitative estimate of drug-likeness (QED) is 0.847. The summed E-state index contributed by atoms with van der Waals surface area (Å²) in [6, 6.07) is 7.39. The SMILES string of the molecule is C[C@H]1COCCN1C(=O)C1CCC(n2ccc3ccc(S(N)(=O)=O)cc32)CC1. The Labute approximate surface area is 165 Å². The number of carbonyl (C=O) groups is 1. The molecule has 1 aromatic heterocycles. The summed E-state index contributed by atoms with van der Waals surface area (Å²) in [7, 11) is -3.73. The number of amides is 1. The second kappa shape index (κ2) is 7.50. The number of hydrogen-bond donors (Lipinski definition) is 1. The van der Waals surface area contributed by atoms with Crippen LogP contribution in [-0.2, 0) is 19.6 Å². The zero-order valence-corrected chi connectivity index (χ0v) is 16.9. The highest BCUT2D eigenvalue weighted by Crippen LogP contribution is 2.36. The van der Waals surface area contributed by atoms with Crippen molar-refractivity contribution in [3.8, 4) is 0 Å². The van der Waals surface area contributed by atoms with Gasteiger partial charge in [0.1, 0.15) is 0 Å². The highest BCUT2D eigenvalue weighted by molar-refractivity contribution is 7.89. The fourth-order valence-corrected chi connectivity index (χ4v) is 5.05. The molecule has 4 rings (SSSR count). The highest BCUT2D eigenvalue weighted by Gasteiger charge is 2.33. The van der Waals surface area contributed by atoms with Gasteiger partial charge in [0.2, 0.25) is 15.9 Å². The summed E-state index contributed by atoms with van der Waals surface area (Å²) >= 11 is 0. The lowest BCUT2D eigenvalue weighted by Gasteiger charge is -2.38. The first kappa shape index (κ1) is 19.4. The van der Waals surface area contributed by atoms with E-state index in [1.54, 1.807) is 18.2 Å². The molecule has 0 unspecified atom stereocenters. The molecular formula is C20H27N3O4S. The van der Waals surface area contributed by atoms with Crippen LogP contribution in [0.4, 0.5) is 0 Å². The third kappa shape index (κ3) is 3.68. The zero-order valence-electron chi connectivity index (χ0n) is 16.1. The summed E-state index contributed by atoms with van der Waals surface area (Å²) in [6.07, 6.45) is 5.51. The number of nitrogens with two attached hydrogens (primary N) is 1. The average Bonchev–Trinajstić information content (AvgIpc) is 3.10. The highest BCUT2D eigenvalue weighted by atomic mass is 32.2. The van der Waals surface area contributed by atoms with Crippen LogP contribution >= 0.6 is 0 Å². The van der Waals surface area contributed by atoms with Crippen molar-refractivity contribution in [2.45, 2.75) is 49.6 Å². The predicted molar refractivity (Wildman–Crippen MR) is 106 cm³/mol. The number of hydrogen-bond acceptors (Lipinski definition) is 4. The van der Waals surface area contributed by atoms with Gasteiger partial charge in [0.05, 0.1) is 24.2 Å². The molecule has 1 atom stereocenters. The number of aromatic nitrogens is 1. The minimum atomic E-state index is -3.73. The number of carbonyl (C=O) groups excluding carboxylic acids is 1. The lowest BCUT2D eigenvalue weighted by atomic mass is 9.84. The predicted octanol–water partition coefficient (Wildman–Crippen LogP) is 2.27. The van der Waals surface area contributed by atoms with Gasteiger partial charge in [-0.15, -0.1) is 0 Å². The summed E-state index contributed by atoms with van der Waals surface area (Å²) in [4.78, 5) is 15.0. The van der Waals surface area contributed by atoms with Crippen LogP contribution in [0.5, 0.6) is 0 Å². The van der Waals surface area contributed by atoms with Crippen molar-refractivity contribution in [3.05, 3.63) is 30.5 Å². The van der Waals surface area contributed by atoms with Crippen LogP contribution < -0.4 is 5.14 Å². The minimum Gasteiger partial charge on any atom is -0.377 e. The van der Waals surface area contributed by atoms with Gasteiger partial charge in [0, 0.05) is 30.2 Å². The molecule has 0 radical (unpaired) electrons. The normalized spacial score (nSPS) is 26.5. The summed E-state index contributed by atoms with van der Waals surface area (Å²) in [5.41, 5.74) is 0.878. The Morgan fingerprint density at radius 3 is 2.61 bits per heavy atom. The van der Waals surface area contributed by atoms with Crippen LogP contribution in [0.1, 0.15) is 38.6 Å². The van der Waals surface area contributed by atoms with Crippen LogP contribution in [0, 0.1) is 5.92 Å². The summed E-state index contributed by atoms with van der Waals surface area (Å²) < 4.78 is 31.0. The molecular weight excluding hydrogens is 378 g/mol. The monoisotopic (exact) mass is 405 g/mol. The number of benzene rings is 1. The summed E-state index contributed by atoms with van der Waals surface area (Å²) in [5, 5.41) is 6.28. The van der Waals surface area contributed by atoms with E-state index in [4.69, 9.17) is 9.88 Å². The molecule has 8 heteroatoms. The number of fused-ring (bicyclic) bond motifs is 1. The first-order valence-electron chi connectivity index (χ1n) is 9.86. The first-order valence-corrected chi connectivity index (χ1v) is 11.4. The minimum absolute atomic E-state index is 0.0682. The van der Waals surface area contributed by atoms with E-state index in [0.717, 1.165) is 36.6 Å². The Hall–Kier alpha value is -1.90. The summed E-state index contributed by atoms with van der Waals surface area (Å²) in [6.45, 7) is 3.95. The fraction of sp³-hybridized carbons (Fsp3) is 0.550. The molecule has 1 aromatic carbocycles. The van der Waals surface area contributed by atoms with E-state index in [-0.39, 0.29) is 28.8 Å². The van der Waals surface area contributed by atoms with Crippen molar-refractivity contribution in [2.24, 2.45) is 11.1 Å². The topological polar surface area (TPSA) is 94.6 Å². The van der Waals surface area contributed by atoms with Gasteiger partial charge in [0.25, 0.3) is 0 Å². The van der Waals surface area contributed by atoms with E-state index in [2.05, 4.69) is 4.57 Å². The average molecular weight is 406 g/mol. The molecule has 1 aliphatic heterocycles. The molecule has 152 valence electrons. The molecule has 2 aliphatic rings. The van der Waals surface area contributed by atoms with E-state index in [1.807, 2.05) is 24.1 Å². The standard InChI is InChI=1S/C20H27N3O4S/c1-14-13-27-11-10-22(14)20(24)16-2-5-17(6-3-16)23-9-8-15-4-7-18(12-19(15)23)28(21,25)26/h4,7-9,12,14,16-17H,2-3,5-6,10-11,13H2,1H3,(H2,21,25,26)/t14-,16?,17?/m0/s1. The van der Waals surface area contributed by atoms with Crippen molar-refractivity contribution in [2.75, 3.05) is 19.8 Å². The molecule has 1 saturated carbocycles. The van der Waals surface area contributed by atoms with Gasteiger partial charge >= 0.3 is 0 Å². The van der Waals surface area contributed by atoms with Gasteiger partial charge in [-0.1, -0.05) is 6.07 Å². The Morgan fingerprint density at radius 1 is 1.18 bits per heavy atom. The van der Waals surface area contributed by atoms with Crippen molar-refractivity contribution < 1.29 is 17.9 Å². The number of sulfonamides is 1. The second-order valence-electron chi connectivity index (χ2n) is 7.95. The van der Waals surface area contributed by atoms with Crippen molar-refractivity contribution >= 4 is 26.8 Å². The maximum atomic E-state index is 12.9. The van der Waals surface area contributed by atoms with Gasteiger partial charge in [-0.25, -0.2) is 13.6 Å². The number of morpholine rings is 1. The molecule has 1 saturated heterocycles. The molecule has 1 amide bonds. The van der Waals surface area contributed by atoms with Gasteiger partial charge in [-0.3, -0.25) is 4.79 Å². The third-order valence-corrected chi connectivity index (χ3v) is 7.02. The van der Waals surface area contributed by atoms with Crippen LogP contribution in [0.3, 0.4) is 0 Å². The molecule has 2 heterocycles. The Bertz CT molecular complexity index is 976. The number of rotatable bonds is 3. The van der Waals surface area contributed by atoms with Gasteiger partial charge in [-0.05, 0) is 56.2 Å². The van der Waals surface area contributed by atoms with Crippen molar-refractivity contribution in [1.29, 1.82) is 0 Å². The molecule has 0 bridgehead atoms. The Balaban J connectivity index is 1.48. The van der Waals surface area contributed by atoms with E-state index >= 15 is 0 Å². The molecule has 2 N–H and O–H groups in total. The number of primary sulfonamides is 1. The van der Waals surface area contributed by atoms with Crippen LogP contribution in [-0.4, -0.2) is 49.6 Å². The van der Waals surface area contributed by atoms with Gasteiger partial charge in [-0.2, -0.15) is 0 Å². The maximum absolute atomic E-state index is 12.9. The largest absolute Gasteiger partial charge is 0.377 e. The molecule has 2 aromatic rings. The van der Waals surface area contributed by atoms with E-state index in [1.165, 1.54) is 0 Å². The lowest BCUT2D eigenvalue weighted by Crippen LogP contribution is -2.49. The molecule has 2 fully saturated rings. The molecule has 1 aliphatic carbocycles. The Morgan fingerprint density at radius 2 is 1.93 bits per heavy atom. The molecule has 7 nitrogen and oxygen atoms in total. The van der Waals surface area contributed by atoms with E-state index < -0.39 is 10.0 Å². The van der Waals surface area contributed by atoms with Gasteiger partial charge < -0.3 is 14.2 Å². The van der Waals surface area contributed by atoms with Gasteiger partial charge in [0.15, 0.2) is 0 Å². The van der Waals surface area contributed by atoms with E-state index in [0.29, 0.717) is 19.8 Å². The van der Waals surface area contributed by atoms with E-state index in [9.17, 15) is 13.2 Å². The van der Waals surface area contributed by atoms with Crippen LogP contribution in [0.25, 0.3) is 10.9 Å². The zero-order chi connectivity index (χ0) is 19.9. The Kier molecular flexibility index (Phi) is 5.20. The summed E-state index contributed by atoms with van der Waals surface area (Å²) in [5.74, 6) is 0.321. The number of ether oxygens (including phenoxy) is 1. The fourth-order valence-electron chi connectivity index (χ4n) is 4.51. The van der Waals surface area contributed by atoms with Crippen molar-refractivity contribution in [3.63, 3.8) is 0 Å². The number of nitrogens with zero attached hydrogens (tertiary/aromatic N) is 2. The molecule has 0 spiro atoms. The third-order valence-electron chi connectivity index (χ3n) is 6.11. The van der Waals surface area contributed by atoms with Crippen LogP contribution in [0.15, 0.2) is 35.4 Å². The van der Waals surface area contributed by atoms with Crippen LogP contribution in [0.2, 0.25) is 0 Å². The smallest absolute Gasteiger partial charge is 0.238 e. The first-order chi connectivity index (χ1) is 13.3. The molecule has 28 heavy (non-hydrogen) atoms. The van der Waals surface area contributed by atoms with Crippen molar-refractivity contribution in [1.82, 2.24) is 9.47 Å².